The van der Waals surface area contributed by atoms with Gasteiger partial charge in [-0.2, -0.15) is 0 Å². The van der Waals surface area contributed by atoms with E-state index in [1.165, 1.54) is 11.0 Å². The number of benzene rings is 2. The minimum absolute atomic E-state index is 0.222. The maximum Gasteiger partial charge on any atom is 0.319 e. The Morgan fingerprint density at radius 1 is 0.964 bits per heavy atom. The zero-order chi connectivity index (χ0) is 20.4. The van der Waals surface area contributed by atoms with Gasteiger partial charge < -0.3 is 15.4 Å². The Kier molecular flexibility index (Phi) is 5.35. The fourth-order valence-electron chi connectivity index (χ4n) is 3.15. The second kappa shape index (κ2) is 7.72. The molecular weight excluding hydrogens is 358 g/mol. The summed E-state index contributed by atoms with van der Waals surface area (Å²) in [5.41, 5.74) is 2.04. The minimum Gasteiger partial charge on any atom is -0.497 e. The number of nitrogens with zero attached hydrogens (tertiary/aromatic N) is 1. The molecule has 4 amide bonds. The number of fused-ring (bicyclic) bond motifs is 1. The second-order valence-electron chi connectivity index (χ2n) is 6.93. The monoisotopic (exact) mass is 381 g/mol. The van der Waals surface area contributed by atoms with Gasteiger partial charge in [0, 0.05) is 11.7 Å². The van der Waals surface area contributed by atoms with E-state index in [2.05, 4.69) is 10.6 Å². The molecule has 0 spiro atoms. The van der Waals surface area contributed by atoms with Crippen LogP contribution in [0.4, 0.5) is 10.5 Å². The number of nitrogens with one attached hydrogen (secondary N) is 2. The van der Waals surface area contributed by atoms with Crippen LogP contribution in [0, 0.1) is 0 Å². The Labute approximate surface area is 163 Å². The number of carbonyl (C=O) groups is 3. The van der Waals surface area contributed by atoms with E-state index in [9.17, 15) is 14.4 Å². The quantitative estimate of drug-likeness (QED) is 0.775. The van der Waals surface area contributed by atoms with E-state index in [0.717, 1.165) is 11.3 Å². The van der Waals surface area contributed by atoms with Crippen LogP contribution in [0.3, 0.4) is 0 Å². The largest absolute Gasteiger partial charge is 0.497 e. The van der Waals surface area contributed by atoms with E-state index in [1.54, 1.807) is 33.1 Å². The third-order valence-corrected chi connectivity index (χ3v) is 4.66. The molecule has 28 heavy (non-hydrogen) atoms. The SMILES string of the molecule is COc1ccc(C(C)NC(=O)Nc2ccc3c(c2)C(=O)N(C(C)C)C3=O)cc1. The first-order valence-corrected chi connectivity index (χ1v) is 9.05. The van der Waals surface area contributed by atoms with Crippen LogP contribution in [0.25, 0.3) is 0 Å². The van der Waals surface area contributed by atoms with Gasteiger partial charge in [-0.3, -0.25) is 14.5 Å². The van der Waals surface area contributed by atoms with Gasteiger partial charge in [0.05, 0.1) is 24.3 Å². The fraction of sp³-hybridized carbons (Fsp3) is 0.286. The van der Waals surface area contributed by atoms with Crippen molar-refractivity contribution in [3.8, 4) is 5.75 Å². The lowest BCUT2D eigenvalue weighted by atomic mass is 10.1. The predicted molar refractivity (Wildman–Crippen MR) is 106 cm³/mol. The predicted octanol–water partition coefficient (Wildman–Crippen LogP) is 3.58. The molecule has 1 unspecified atom stereocenters. The molecule has 1 aliphatic rings. The molecule has 7 nitrogen and oxygen atoms in total. The summed E-state index contributed by atoms with van der Waals surface area (Å²) in [6, 6.07) is 11.3. The van der Waals surface area contributed by atoms with E-state index in [-0.39, 0.29) is 23.9 Å². The first-order valence-electron chi connectivity index (χ1n) is 9.05. The normalized spacial score (nSPS) is 14.1. The van der Waals surface area contributed by atoms with Gasteiger partial charge in [0.1, 0.15) is 5.75 Å². The number of amides is 4. The number of urea groups is 1. The highest BCUT2D eigenvalue weighted by molar-refractivity contribution is 6.22. The topological polar surface area (TPSA) is 87.7 Å². The summed E-state index contributed by atoms with van der Waals surface area (Å²) in [6.45, 7) is 5.44. The molecule has 0 aromatic heterocycles. The highest BCUT2D eigenvalue weighted by Gasteiger charge is 2.37. The molecule has 2 aromatic carbocycles. The van der Waals surface area contributed by atoms with Gasteiger partial charge in [0.15, 0.2) is 0 Å². The van der Waals surface area contributed by atoms with Crippen LogP contribution >= 0.6 is 0 Å². The lowest BCUT2D eigenvalue weighted by Gasteiger charge is -2.17. The fourth-order valence-corrected chi connectivity index (χ4v) is 3.15. The van der Waals surface area contributed by atoms with Gasteiger partial charge in [0.25, 0.3) is 11.8 Å². The number of ether oxygens (including phenoxy) is 1. The first kappa shape index (κ1) is 19.4. The summed E-state index contributed by atoms with van der Waals surface area (Å²) >= 11 is 0. The van der Waals surface area contributed by atoms with Crippen molar-refractivity contribution < 1.29 is 19.1 Å². The molecule has 1 heterocycles. The summed E-state index contributed by atoms with van der Waals surface area (Å²) in [5, 5.41) is 5.56. The Hall–Kier alpha value is -3.35. The Morgan fingerprint density at radius 2 is 1.61 bits per heavy atom. The summed E-state index contributed by atoms with van der Waals surface area (Å²) < 4.78 is 5.13. The molecule has 0 saturated heterocycles. The standard InChI is InChI=1S/C21H23N3O4/c1-12(2)24-19(25)17-10-7-15(11-18(17)20(24)26)23-21(27)22-13(3)14-5-8-16(28-4)9-6-14/h5-13H,1-4H3,(H2,22,23,27). The van der Waals surface area contributed by atoms with Gasteiger partial charge >= 0.3 is 6.03 Å². The van der Waals surface area contributed by atoms with Crippen molar-refractivity contribution in [2.45, 2.75) is 32.9 Å². The molecular formula is C21H23N3O4. The van der Waals surface area contributed by atoms with Crippen LogP contribution < -0.4 is 15.4 Å². The highest BCUT2D eigenvalue weighted by atomic mass is 16.5. The average molecular weight is 381 g/mol. The lowest BCUT2D eigenvalue weighted by molar-refractivity contribution is 0.0609. The molecule has 146 valence electrons. The summed E-state index contributed by atoms with van der Waals surface area (Å²) in [6.07, 6.45) is 0. The highest BCUT2D eigenvalue weighted by Crippen LogP contribution is 2.27. The van der Waals surface area contributed by atoms with E-state index in [0.29, 0.717) is 16.8 Å². The molecule has 1 aliphatic heterocycles. The molecule has 2 N–H and O–H groups in total. The number of methoxy groups -OCH3 is 1. The Morgan fingerprint density at radius 3 is 2.21 bits per heavy atom. The molecule has 0 fully saturated rings. The van der Waals surface area contributed by atoms with Gasteiger partial charge in [-0.1, -0.05) is 12.1 Å². The van der Waals surface area contributed by atoms with Crippen molar-refractivity contribution in [2.75, 3.05) is 12.4 Å². The first-order chi connectivity index (χ1) is 13.3. The molecule has 0 saturated carbocycles. The van der Waals surface area contributed by atoms with Crippen molar-refractivity contribution >= 4 is 23.5 Å². The van der Waals surface area contributed by atoms with Crippen molar-refractivity contribution in [1.29, 1.82) is 0 Å². The van der Waals surface area contributed by atoms with E-state index in [4.69, 9.17) is 4.74 Å². The summed E-state index contributed by atoms with van der Waals surface area (Å²) in [5.74, 6) is 0.0954. The number of anilines is 1. The van der Waals surface area contributed by atoms with Gasteiger partial charge in [-0.05, 0) is 56.7 Å². The summed E-state index contributed by atoms with van der Waals surface area (Å²) in [7, 11) is 1.60. The van der Waals surface area contributed by atoms with Gasteiger partial charge in [-0.15, -0.1) is 0 Å². The van der Waals surface area contributed by atoms with Crippen LogP contribution in [0.15, 0.2) is 42.5 Å². The number of hydrogen-bond acceptors (Lipinski definition) is 4. The maximum atomic E-state index is 12.5. The maximum absolute atomic E-state index is 12.5. The van der Waals surface area contributed by atoms with Crippen molar-refractivity contribution in [3.05, 3.63) is 59.2 Å². The van der Waals surface area contributed by atoms with Crippen LogP contribution in [-0.2, 0) is 0 Å². The molecule has 0 radical (unpaired) electrons. The van der Waals surface area contributed by atoms with E-state index >= 15 is 0 Å². The number of hydrogen-bond donors (Lipinski definition) is 2. The van der Waals surface area contributed by atoms with Crippen molar-refractivity contribution in [1.82, 2.24) is 10.2 Å². The van der Waals surface area contributed by atoms with Crippen LogP contribution in [0.1, 0.15) is 53.1 Å². The minimum atomic E-state index is -0.402. The van der Waals surface area contributed by atoms with E-state index in [1.807, 2.05) is 31.2 Å². The molecule has 0 aliphatic carbocycles. The average Bonchev–Trinajstić information content (AvgIpc) is 2.92. The van der Waals surface area contributed by atoms with Crippen molar-refractivity contribution in [3.63, 3.8) is 0 Å². The van der Waals surface area contributed by atoms with E-state index < -0.39 is 6.03 Å². The molecule has 7 heteroatoms. The smallest absolute Gasteiger partial charge is 0.319 e. The molecule has 2 aromatic rings. The molecule has 3 rings (SSSR count). The Balaban J connectivity index is 1.68. The van der Waals surface area contributed by atoms with Gasteiger partial charge in [-0.25, -0.2) is 4.79 Å². The van der Waals surface area contributed by atoms with Crippen LogP contribution in [0.2, 0.25) is 0 Å². The van der Waals surface area contributed by atoms with Gasteiger partial charge in [0.2, 0.25) is 0 Å². The Bertz CT molecular complexity index is 922. The van der Waals surface area contributed by atoms with Crippen molar-refractivity contribution in [2.24, 2.45) is 0 Å². The third-order valence-electron chi connectivity index (χ3n) is 4.66. The summed E-state index contributed by atoms with van der Waals surface area (Å²) in [4.78, 5) is 38.3. The van der Waals surface area contributed by atoms with Crippen LogP contribution in [0.5, 0.6) is 5.75 Å². The lowest BCUT2D eigenvalue weighted by Crippen LogP contribution is -2.35. The zero-order valence-electron chi connectivity index (χ0n) is 16.3. The zero-order valence-corrected chi connectivity index (χ0v) is 16.3. The molecule has 1 atom stereocenters. The second-order valence-corrected chi connectivity index (χ2v) is 6.93. The number of carbonyl (C=O) groups excluding carboxylic acids is 3. The third kappa shape index (κ3) is 3.69. The number of rotatable bonds is 5. The number of imide groups is 1. The molecule has 0 bridgehead atoms. The van der Waals surface area contributed by atoms with Crippen LogP contribution in [-0.4, -0.2) is 35.9 Å².